The van der Waals surface area contributed by atoms with Crippen LogP contribution < -0.4 is 10.8 Å². The Hall–Kier alpha value is -2.53. The van der Waals surface area contributed by atoms with Crippen LogP contribution in [0.4, 0.5) is 0 Å². The van der Waals surface area contributed by atoms with Gasteiger partial charge in [0.15, 0.2) is 0 Å². The summed E-state index contributed by atoms with van der Waals surface area (Å²) in [6.45, 7) is 3.55. The molecule has 1 atom stereocenters. The van der Waals surface area contributed by atoms with Crippen LogP contribution in [0.15, 0.2) is 42.9 Å². The van der Waals surface area contributed by atoms with E-state index in [1.165, 1.54) is 0 Å². The molecule has 1 aromatic carbocycles. The van der Waals surface area contributed by atoms with Crippen molar-refractivity contribution in [2.24, 2.45) is 0 Å². The number of nitrogens with one attached hydrogen (secondary N) is 2. The Kier molecular flexibility index (Phi) is 5.09. The van der Waals surface area contributed by atoms with Gasteiger partial charge in [-0.15, -0.1) is 0 Å². The summed E-state index contributed by atoms with van der Waals surface area (Å²) in [5, 5.41) is 8.73. The van der Waals surface area contributed by atoms with Crippen molar-refractivity contribution in [3.8, 4) is 11.3 Å². The summed E-state index contributed by atoms with van der Waals surface area (Å²) in [7, 11) is 0. The molecule has 2 N–H and O–H groups in total. The maximum atomic E-state index is 6.59. The highest BCUT2D eigenvalue weighted by Crippen LogP contribution is 2.34. The number of aromatic nitrogens is 5. The first kappa shape index (κ1) is 20.1. The zero-order chi connectivity index (χ0) is 21.7. The van der Waals surface area contributed by atoms with Crippen molar-refractivity contribution in [1.82, 2.24) is 39.8 Å². The molecule has 9 nitrogen and oxygen atoms in total. The highest BCUT2D eigenvalue weighted by Gasteiger charge is 2.24. The van der Waals surface area contributed by atoms with Crippen LogP contribution in [-0.4, -0.2) is 42.3 Å². The predicted octanol–water partition coefficient (Wildman–Crippen LogP) is 3.00. The molecule has 2 aliphatic rings. The Labute approximate surface area is 193 Å². The van der Waals surface area contributed by atoms with Crippen molar-refractivity contribution in [2.75, 3.05) is 13.3 Å². The molecule has 164 valence electrons. The van der Waals surface area contributed by atoms with Gasteiger partial charge < -0.3 is 4.40 Å². The van der Waals surface area contributed by atoms with Crippen LogP contribution in [0.3, 0.4) is 0 Å². The lowest BCUT2D eigenvalue weighted by molar-refractivity contribution is 0.0872. The molecule has 0 radical (unpaired) electrons. The number of imidazole rings is 1. The maximum absolute atomic E-state index is 6.59. The van der Waals surface area contributed by atoms with E-state index in [1.807, 2.05) is 28.9 Å². The van der Waals surface area contributed by atoms with Crippen LogP contribution in [0.2, 0.25) is 10.0 Å². The number of rotatable bonds is 4. The van der Waals surface area contributed by atoms with Gasteiger partial charge >= 0.3 is 0 Å². The molecule has 1 saturated heterocycles. The first-order valence-electron chi connectivity index (χ1n) is 10.3. The van der Waals surface area contributed by atoms with Crippen molar-refractivity contribution in [1.29, 1.82) is 0 Å². The lowest BCUT2D eigenvalue weighted by Gasteiger charge is -2.26. The van der Waals surface area contributed by atoms with Crippen molar-refractivity contribution >= 4 is 28.8 Å². The number of hydroxylamine groups is 1. The molecule has 5 heterocycles. The zero-order valence-electron chi connectivity index (χ0n) is 17.0. The fourth-order valence-corrected chi connectivity index (χ4v) is 4.76. The smallest absolute Gasteiger partial charge is 0.141 e. The summed E-state index contributed by atoms with van der Waals surface area (Å²) in [4.78, 5) is 16.9. The monoisotopic (exact) mass is 470 g/mol. The summed E-state index contributed by atoms with van der Waals surface area (Å²) in [5.41, 5.74) is 7.66. The predicted molar refractivity (Wildman–Crippen MR) is 120 cm³/mol. The lowest BCUT2D eigenvalue weighted by atomic mass is 10.1. The van der Waals surface area contributed by atoms with Gasteiger partial charge in [-0.3, -0.25) is 15.1 Å². The Balaban J connectivity index is 1.45. The number of halogens is 2. The summed E-state index contributed by atoms with van der Waals surface area (Å²) in [6.07, 6.45) is 3.63. The molecule has 0 spiro atoms. The largest absolute Gasteiger partial charge is 0.302 e. The fraction of sp³-hybridized carbons (Fsp3) is 0.286. The molecule has 2 aliphatic heterocycles. The number of hydrogen-bond acceptors (Lipinski definition) is 7. The Morgan fingerprint density at radius 1 is 1.16 bits per heavy atom. The van der Waals surface area contributed by atoms with E-state index in [0.717, 1.165) is 53.6 Å². The second-order valence-electron chi connectivity index (χ2n) is 7.88. The maximum Gasteiger partial charge on any atom is 0.141 e. The van der Waals surface area contributed by atoms with Crippen LogP contribution in [0.1, 0.15) is 23.2 Å². The molecule has 11 heteroatoms. The molecular weight excluding hydrogens is 451 g/mol. The number of fused-ring (bicyclic) bond motifs is 2. The van der Waals surface area contributed by atoms with Gasteiger partial charge in [0.25, 0.3) is 0 Å². The summed E-state index contributed by atoms with van der Waals surface area (Å²) in [5.74, 6) is 0.966. The number of benzene rings is 1. The van der Waals surface area contributed by atoms with Gasteiger partial charge in [-0.05, 0) is 24.3 Å². The standard InChI is InChI=1S/C21H20Cl2N8O/c22-14-2-3-15(16(23)7-14)20-17(9-29-5-6-31-19(10-29)24-11-26-31)30-8-13(1-4-18(30)27-20)21-25-12-32-28-21/h1-4,7-8,11,21,25,28H,5-6,9-10,12H2. The molecule has 0 aliphatic carbocycles. The number of pyridine rings is 1. The van der Waals surface area contributed by atoms with E-state index in [1.54, 1.807) is 12.4 Å². The first-order valence-corrected chi connectivity index (χ1v) is 11.1. The number of hydrogen-bond donors (Lipinski definition) is 2. The van der Waals surface area contributed by atoms with Gasteiger partial charge in [0.05, 0.1) is 29.5 Å². The number of nitrogens with zero attached hydrogens (tertiary/aromatic N) is 6. The Morgan fingerprint density at radius 3 is 2.94 bits per heavy atom. The van der Waals surface area contributed by atoms with Gasteiger partial charge in [-0.2, -0.15) is 10.6 Å². The average Bonchev–Trinajstić information content (AvgIpc) is 3.54. The van der Waals surface area contributed by atoms with Gasteiger partial charge in [0.2, 0.25) is 0 Å². The van der Waals surface area contributed by atoms with Gasteiger partial charge in [0, 0.05) is 35.4 Å². The molecule has 1 unspecified atom stereocenters. The van der Waals surface area contributed by atoms with E-state index in [4.69, 9.17) is 33.0 Å². The SMILES string of the molecule is Clc1ccc(-c2nc3ccc(C4NCON4)cn3c2CN2CCn3ncnc3C2)c(Cl)c1. The minimum atomic E-state index is -0.0780. The molecule has 1 fully saturated rings. The fourth-order valence-electron chi connectivity index (χ4n) is 4.27. The molecular formula is C21H20Cl2N8O. The third-order valence-corrected chi connectivity index (χ3v) is 6.43. The minimum absolute atomic E-state index is 0.0780. The Bertz CT molecular complexity index is 1300. The molecule has 0 saturated carbocycles. The van der Waals surface area contributed by atoms with Crippen LogP contribution in [0, 0.1) is 0 Å². The van der Waals surface area contributed by atoms with Gasteiger partial charge in [-0.25, -0.2) is 14.6 Å². The normalized spacial score (nSPS) is 19.0. The van der Waals surface area contributed by atoms with Crippen LogP contribution in [-0.2, 0) is 24.5 Å². The van der Waals surface area contributed by atoms with Crippen molar-refractivity contribution in [2.45, 2.75) is 25.8 Å². The van der Waals surface area contributed by atoms with E-state index >= 15 is 0 Å². The van der Waals surface area contributed by atoms with E-state index in [-0.39, 0.29) is 6.17 Å². The summed E-state index contributed by atoms with van der Waals surface area (Å²) in [6, 6.07) is 9.58. The second kappa shape index (κ2) is 8.11. The van der Waals surface area contributed by atoms with E-state index in [2.05, 4.69) is 36.4 Å². The third-order valence-electron chi connectivity index (χ3n) is 5.88. The molecule has 3 aromatic heterocycles. The topological polar surface area (TPSA) is 84.5 Å². The van der Waals surface area contributed by atoms with E-state index in [0.29, 0.717) is 23.3 Å². The quantitative estimate of drug-likeness (QED) is 0.474. The van der Waals surface area contributed by atoms with Crippen molar-refractivity contribution < 1.29 is 4.84 Å². The highest BCUT2D eigenvalue weighted by molar-refractivity contribution is 6.36. The average molecular weight is 471 g/mol. The minimum Gasteiger partial charge on any atom is -0.302 e. The van der Waals surface area contributed by atoms with Crippen LogP contribution in [0.25, 0.3) is 16.9 Å². The van der Waals surface area contributed by atoms with Gasteiger partial charge in [-0.1, -0.05) is 29.3 Å². The van der Waals surface area contributed by atoms with E-state index < -0.39 is 0 Å². The van der Waals surface area contributed by atoms with Crippen molar-refractivity contribution in [3.63, 3.8) is 0 Å². The first-order chi connectivity index (χ1) is 15.7. The van der Waals surface area contributed by atoms with Crippen LogP contribution >= 0.6 is 23.2 Å². The molecule has 0 bridgehead atoms. The molecule has 0 amide bonds. The Morgan fingerprint density at radius 2 is 2.09 bits per heavy atom. The third kappa shape index (κ3) is 3.57. The van der Waals surface area contributed by atoms with Crippen LogP contribution in [0.5, 0.6) is 0 Å². The molecule has 4 aromatic rings. The zero-order valence-corrected chi connectivity index (χ0v) is 18.5. The van der Waals surface area contributed by atoms with E-state index in [9.17, 15) is 0 Å². The second-order valence-corrected chi connectivity index (χ2v) is 8.72. The lowest BCUT2D eigenvalue weighted by Crippen LogP contribution is -2.34. The summed E-state index contributed by atoms with van der Waals surface area (Å²) >= 11 is 12.7. The molecule has 6 rings (SSSR count). The van der Waals surface area contributed by atoms with Gasteiger partial charge in [0.1, 0.15) is 30.7 Å². The summed E-state index contributed by atoms with van der Waals surface area (Å²) < 4.78 is 4.09. The van der Waals surface area contributed by atoms with Crippen molar-refractivity contribution in [3.05, 3.63) is 70.0 Å². The highest BCUT2D eigenvalue weighted by atomic mass is 35.5. The molecule has 32 heavy (non-hydrogen) atoms.